The van der Waals surface area contributed by atoms with Crippen molar-refractivity contribution in [1.82, 2.24) is 0 Å². The second kappa shape index (κ2) is 6.77. The van der Waals surface area contributed by atoms with E-state index in [9.17, 15) is 0 Å². The normalized spacial score (nSPS) is 14.6. The predicted octanol–water partition coefficient (Wildman–Crippen LogP) is 2.99. The number of methoxy groups -OCH3 is 1. The van der Waals surface area contributed by atoms with Crippen LogP contribution in [0.4, 0.5) is 0 Å². The van der Waals surface area contributed by atoms with E-state index in [1.54, 1.807) is 7.11 Å². The van der Waals surface area contributed by atoms with E-state index < -0.39 is 0 Å². The lowest BCUT2D eigenvalue weighted by Gasteiger charge is -2.22. The van der Waals surface area contributed by atoms with Gasteiger partial charge in [-0.05, 0) is 32.3 Å². The van der Waals surface area contributed by atoms with Gasteiger partial charge in [0.1, 0.15) is 0 Å². The topological polar surface area (TPSA) is 35.2 Å². The van der Waals surface area contributed by atoms with E-state index >= 15 is 0 Å². The van der Waals surface area contributed by atoms with Crippen LogP contribution < -0.4 is 5.73 Å². The average Bonchev–Trinajstić information content (AvgIpc) is 2.24. The van der Waals surface area contributed by atoms with Gasteiger partial charge in [-0.2, -0.15) is 0 Å². The number of rotatable bonds is 6. The van der Waals surface area contributed by atoms with Crippen molar-refractivity contribution in [3.63, 3.8) is 0 Å². The maximum Gasteiger partial charge on any atom is 0.0725 e. The molecule has 0 spiro atoms. The van der Waals surface area contributed by atoms with E-state index in [1.165, 1.54) is 16.7 Å². The number of nitrogens with two attached hydrogens (primary N) is 1. The lowest BCUT2D eigenvalue weighted by Crippen LogP contribution is -2.37. The minimum Gasteiger partial charge on any atom is -0.380 e. The maximum atomic E-state index is 6.22. The SMILES string of the molecule is CCCC(OC)C(N)Cc1cc(C)cc(C)c1. The van der Waals surface area contributed by atoms with E-state index in [0.717, 1.165) is 19.3 Å². The second-order valence-electron chi connectivity index (χ2n) is 4.93. The third kappa shape index (κ3) is 4.49. The summed E-state index contributed by atoms with van der Waals surface area (Å²) < 4.78 is 5.46. The Hall–Kier alpha value is -0.860. The van der Waals surface area contributed by atoms with Crippen molar-refractivity contribution in [2.45, 2.75) is 52.2 Å². The van der Waals surface area contributed by atoms with Crippen LogP contribution in [0.1, 0.15) is 36.5 Å². The van der Waals surface area contributed by atoms with Gasteiger partial charge in [0, 0.05) is 13.2 Å². The first-order chi connectivity index (χ1) is 8.06. The van der Waals surface area contributed by atoms with Crippen LogP contribution in [-0.2, 0) is 11.2 Å². The van der Waals surface area contributed by atoms with Crippen molar-refractivity contribution in [3.8, 4) is 0 Å². The number of hydrogen-bond donors (Lipinski definition) is 1. The predicted molar refractivity (Wildman–Crippen MR) is 73.3 cm³/mol. The molecule has 0 aliphatic heterocycles. The van der Waals surface area contributed by atoms with Gasteiger partial charge in [-0.1, -0.05) is 42.7 Å². The van der Waals surface area contributed by atoms with Gasteiger partial charge in [0.25, 0.3) is 0 Å². The summed E-state index contributed by atoms with van der Waals surface area (Å²) >= 11 is 0. The molecule has 0 bridgehead atoms. The fourth-order valence-corrected chi connectivity index (χ4v) is 2.38. The summed E-state index contributed by atoms with van der Waals surface area (Å²) in [6.45, 7) is 6.42. The molecule has 0 fully saturated rings. The largest absolute Gasteiger partial charge is 0.380 e. The van der Waals surface area contributed by atoms with Crippen LogP contribution in [0, 0.1) is 13.8 Å². The fraction of sp³-hybridized carbons (Fsp3) is 0.600. The minimum atomic E-state index is 0.0844. The molecule has 2 atom stereocenters. The Morgan fingerprint density at radius 1 is 1.18 bits per heavy atom. The molecule has 2 N–H and O–H groups in total. The van der Waals surface area contributed by atoms with Crippen LogP contribution in [0.3, 0.4) is 0 Å². The molecule has 0 aliphatic rings. The Labute approximate surface area is 105 Å². The molecule has 2 nitrogen and oxygen atoms in total. The summed E-state index contributed by atoms with van der Waals surface area (Å²) in [7, 11) is 1.75. The Morgan fingerprint density at radius 3 is 2.24 bits per heavy atom. The number of ether oxygens (including phenoxy) is 1. The fourth-order valence-electron chi connectivity index (χ4n) is 2.38. The Kier molecular flexibility index (Phi) is 5.66. The van der Waals surface area contributed by atoms with E-state index in [-0.39, 0.29) is 12.1 Å². The molecule has 0 aliphatic carbocycles. The first-order valence-corrected chi connectivity index (χ1v) is 6.42. The molecule has 0 saturated heterocycles. The smallest absolute Gasteiger partial charge is 0.0725 e. The van der Waals surface area contributed by atoms with E-state index in [1.807, 2.05) is 0 Å². The third-order valence-electron chi connectivity index (χ3n) is 3.11. The van der Waals surface area contributed by atoms with Crippen molar-refractivity contribution in [3.05, 3.63) is 34.9 Å². The molecule has 0 heterocycles. The minimum absolute atomic E-state index is 0.0844. The molecular formula is C15H25NO. The average molecular weight is 235 g/mol. The number of aryl methyl sites for hydroxylation is 2. The second-order valence-corrected chi connectivity index (χ2v) is 4.93. The van der Waals surface area contributed by atoms with Gasteiger partial charge in [0.2, 0.25) is 0 Å². The van der Waals surface area contributed by atoms with Crippen LogP contribution in [0.5, 0.6) is 0 Å². The molecule has 2 heteroatoms. The molecule has 0 saturated carbocycles. The van der Waals surface area contributed by atoms with Crippen LogP contribution >= 0.6 is 0 Å². The molecule has 2 unspecified atom stereocenters. The molecule has 1 aromatic rings. The highest BCUT2D eigenvalue weighted by atomic mass is 16.5. The van der Waals surface area contributed by atoms with Crippen molar-refractivity contribution < 1.29 is 4.74 Å². The molecule has 0 radical (unpaired) electrons. The van der Waals surface area contributed by atoms with Gasteiger partial charge in [-0.25, -0.2) is 0 Å². The lowest BCUT2D eigenvalue weighted by atomic mass is 9.97. The highest BCUT2D eigenvalue weighted by Gasteiger charge is 2.16. The first-order valence-electron chi connectivity index (χ1n) is 6.42. The van der Waals surface area contributed by atoms with Crippen molar-refractivity contribution in [2.24, 2.45) is 5.73 Å². The summed E-state index contributed by atoms with van der Waals surface area (Å²) in [6, 6.07) is 6.70. The molecule has 17 heavy (non-hydrogen) atoms. The quantitative estimate of drug-likeness (QED) is 0.822. The summed E-state index contributed by atoms with van der Waals surface area (Å²) in [4.78, 5) is 0. The van der Waals surface area contributed by atoms with Crippen molar-refractivity contribution in [2.75, 3.05) is 7.11 Å². The Morgan fingerprint density at radius 2 is 1.76 bits per heavy atom. The van der Waals surface area contributed by atoms with E-state index in [2.05, 4.69) is 39.0 Å². The molecule has 0 amide bonds. The van der Waals surface area contributed by atoms with Crippen LogP contribution in [-0.4, -0.2) is 19.3 Å². The summed E-state index contributed by atoms with van der Waals surface area (Å²) in [5.41, 5.74) is 10.1. The van der Waals surface area contributed by atoms with Gasteiger partial charge < -0.3 is 10.5 Å². The van der Waals surface area contributed by atoms with E-state index in [4.69, 9.17) is 10.5 Å². The maximum absolute atomic E-state index is 6.22. The Bertz CT molecular complexity index is 329. The summed E-state index contributed by atoms with van der Waals surface area (Å²) in [6.07, 6.45) is 3.20. The van der Waals surface area contributed by atoms with Gasteiger partial charge in [0.15, 0.2) is 0 Å². The van der Waals surface area contributed by atoms with Crippen LogP contribution in [0.25, 0.3) is 0 Å². The van der Waals surface area contributed by atoms with Gasteiger partial charge >= 0.3 is 0 Å². The molecule has 0 aromatic heterocycles. The zero-order valence-corrected chi connectivity index (χ0v) is 11.5. The number of benzene rings is 1. The summed E-state index contributed by atoms with van der Waals surface area (Å²) in [5, 5.41) is 0. The molecule has 1 aromatic carbocycles. The van der Waals surface area contributed by atoms with Gasteiger partial charge in [0.05, 0.1) is 6.10 Å². The summed E-state index contributed by atoms with van der Waals surface area (Å²) in [5.74, 6) is 0. The van der Waals surface area contributed by atoms with Crippen molar-refractivity contribution in [1.29, 1.82) is 0 Å². The monoisotopic (exact) mass is 235 g/mol. The third-order valence-corrected chi connectivity index (χ3v) is 3.11. The van der Waals surface area contributed by atoms with Gasteiger partial charge in [-0.3, -0.25) is 0 Å². The standard InChI is InChI=1S/C15H25NO/c1-5-6-15(17-4)14(16)10-13-8-11(2)7-12(3)9-13/h7-9,14-15H,5-6,10,16H2,1-4H3. The zero-order valence-electron chi connectivity index (χ0n) is 11.5. The Balaban J connectivity index is 2.68. The van der Waals surface area contributed by atoms with E-state index in [0.29, 0.717) is 0 Å². The zero-order chi connectivity index (χ0) is 12.8. The highest BCUT2D eigenvalue weighted by molar-refractivity contribution is 5.29. The van der Waals surface area contributed by atoms with Gasteiger partial charge in [-0.15, -0.1) is 0 Å². The highest BCUT2D eigenvalue weighted by Crippen LogP contribution is 2.14. The first kappa shape index (κ1) is 14.2. The van der Waals surface area contributed by atoms with Crippen LogP contribution in [0.15, 0.2) is 18.2 Å². The number of hydrogen-bond acceptors (Lipinski definition) is 2. The molecule has 1 rings (SSSR count). The lowest BCUT2D eigenvalue weighted by molar-refractivity contribution is 0.0726. The van der Waals surface area contributed by atoms with Crippen molar-refractivity contribution >= 4 is 0 Å². The van der Waals surface area contributed by atoms with Crippen LogP contribution in [0.2, 0.25) is 0 Å². The molecule has 96 valence electrons. The molecular weight excluding hydrogens is 210 g/mol.